The van der Waals surface area contributed by atoms with E-state index >= 15 is 0 Å². The van der Waals surface area contributed by atoms with Crippen LogP contribution in [0.2, 0.25) is 0 Å². The van der Waals surface area contributed by atoms with Gasteiger partial charge in [0.2, 0.25) is 0 Å². The predicted octanol–water partition coefficient (Wildman–Crippen LogP) is 3.56. The summed E-state index contributed by atoms with van der Waals surface area (Å²) in [7, 11) is 1.70. The molecule has 3 rings (SSSR count). The van der Waals surface area contributed by atoms with E-state index in [1.807, 2.05) is 12.1 Å². The van der Waals surface area contributed by atoms with Crippen LogP contribution in [-0.4, -0.2) is 39.4 Å². The van der Waals surface area contributed by atoms with Gasteiger partial charge in [0.15, 0.2) is 5.96 Å². The molecule has 1 aliphatic heterocycles. The van der Waals surface area contributed by atoms with Crippen LogP contribution in [0.1, 0.15) is 30.2 Å². The molecule has 27 heavy (non-hydrogen) atoms. The summed E-state index contributed by atoms with van der Waals surface area (Å²) in [6.07, 6.45) is 1.99. The van der Waals surface area contributed by atoms with Crippen molar-refractivity contribution in [1.29, 1.82) is 0 Å². The molecule has 1 aromatic carbocycles. The third-order valence-corrected chi connectivity index (χ3v) is 5.92. The fourth-order valence-corrected chi connectivity index (χ4v) is 4.06. The van der Waals surface area contributed by atoms with Gasteiger partial charge >= 0.3 is 0 Å². The summed E-state index contributed by atoms with van der Waals surface area (Å²) in [6, 6.07) is 12.6. The van der Waals surface area contributed by atoms with Crippen LogP contribution < -0.4 is 15.4 Å². The quantitative estimate of drug-likeness (QED) is 0.563. The van der Waals surface area contributed by atoms with Crippen molar-refractivity contribution in [3.63, 3.8) is 0 Å². The van der Waals surface area contributed by atoms with Crippen LogP contribution in [0.4, 0.5) is 0 Å². The third-order valence-electron chi connectivity index (χ3n) is 5.06. The molecule has 6 heteroatoms. The van der Waals surface area contributed by atoms with E-state index in [-0.39, 0.29) is 5.41 Å². The molecular formula is C21H29N3O2S. The van der Waals surface area contributed by atoms with Crippen LogP contribution in [0.25, 0.3) is 0 Å². The number of guanidine groups is 1. The number of aliphatic imine (C=N–C) groups is 1. The molecule has 146 valence electrons. The number of hydrogen-bond acceptors (Lipinski definition) is 4. The highest BCUT2D eigenvalue weighted by Crippen LogP contribution is 2.35. The first-order chi connectivity index (χ1) is 13.3. The molecule has 1 saturated heterocycles. The van der Waals surface area contributed by atoms with E-state index in [0.29, 0.717) is 6.54 Å². The van der Waals surface area contributed by atoms with Crippen LogP contribution in [0, 0.1) is 0 Å². The summed E-state index contributed by atoms with van der Waals surface area (Å²) >= 11 is 1.74. The van der Waals surface area contributed by atoms with E-state index in [9.17, 15) is 0 Å². The summed E-state index contributed by atoms with van der Waals surface area (Å²) in [6.45, 7) is 6.04. The maximum absolute atomic E-state index is 5.64. The summed E-state index contributed by atoms with van der Waals surface area (Å²) in [5, 5.41) is 9.03. The molecule has 0 amide bonds. The Morgan fingerprint density at radius 3 is 2.59 bits per heavy atom. The Morgan fingerprint density at radius 2 is 1.96 bits per heavy atom. The summed E-state index contributed by atoms with van der Waals surface area (Å²) < 4.78 is 11.0. The molecule has 2 heterocycles. The number of nitrogens with one attached hydrogen (secondary N) is 2. The highest BCUT2D eigenvalue weighted by atomic mass is 32.1. The van der Waals surface area contributed by atoms with Crippen molar-refractivity contribution in [1.82, 2.24) is 10.6 Å². The minimum absolute atomic E-state index is 0.0453. The Morgan fingerprint density at radius 1 is 1.19 bits per heavy atom. The monoisotopic (exact) mass is 387 g/mol. The Balaban J connectivity index is 1.73. The Labute approximate surface area is 165 Å². The number of methoxy groups -OCH3 is 1. The average Bonchev–Trinajstić information content (AvgIpc) is 3.24. The molecular weight excluding hydrogens is 358 g/mol. The lowest BCUT2D eigenvalue weighted by Gasteiger charge is -2.38. The zero-order chi connectivity index (χ0) is 19.0. The third kappa shape index (κ3) is 5.23. The van der Waals surface area contributed by atoms with Crippen LogP contribution in [0.5, 0.6) is 5.75 Å². The van der Waals surface area contributed by atoms with Gasteiger partial charge in [0, 0.05) is 36.6 Å². The SMILES string of the molecule is CCNC(=NCc1cccs1)NCC1(c2ccc(OC)cc2)CCOCC1. The number of thiophene rings is 1. The summed E-state index contributed by atoms with van der Waals surface area (Å²) in [5.41, 5.74) is 1.37. The van der Waals surface area contributed by atoms with Crippen molar-refractivity contribution < 1.29 is 9.47 Å². The minimum Gasteiger partial charge on any atom is -0.497 e. The Hall–Kier alpha value is -2.05. The fourth-order valence-electron chi connectivity index (χ4n) is 3.43. The highest BCUT2D eigenvalue weighted by Gasteiger charge is 2.34. The molecule has 5 nitrogen and oxygen atoms in total. The lowest BCUT2D eigenvalue weighted by Crippen LogP contribution is -2.48. The maximum Gasteiger partial charge on any atom is 0.191 e. The first-order valence-electron chi connectivity index (χ1n) is 9.52. The smallest absolute Gasteiger partial charge is 0.191 e. The number of benzene rings is 1. The van der Waals surface area contributed by atoms with Gasteiger partial charge in [-0.1, -0.05) is 18.2 Å². The number of nitrogens with zero attached hydrogens (tertiary/aromatic N) is 1. The van der Waals surface area contributed by atoms with E-state index in [2.05, 4.69) is 47.2 Å². The lowest BCUT2D eigenvalue weighted by atomic mass is 9.74. The highest BCUT2D eigenvalue weighted by molar-refractivity contribution is 7.09. The van der Waals surface area contributed by atoms with Crippen molar-refractivity contribution in [2.45, 2.75) is 31.7 Å². The number of ether oxygens (including phenoxy) is 2. The van der Waals surface area contributed by atoms with Crippen molar-refractivity contribution >= 4 is 17.3 Å². The molecule has 1 aliphatic rings. The van der Waals surface area contributed by atoms with Gasteiger partial charge in [0.05, 0.1) is 13.7 Å². The molecule has 0 atom stereocenters. The molecule has 0 unspecified atom stereocenters. The van der Waals surface area contributed by atoms with Gasteiger partial charge in [-0.05, 0) is 48.9 Å². The number of hydrogen-bond donors (Lipinski definition) is 2. The lowest BCUT2D eigenvalue weighted by molar-refractivity contribution is 0.0513. The Bertz CT molecular complexity index is 708. The van der Waals surface area contributed by atoms with Crippen molar-refractivity contribution in [3.8, 4) is 5.75 Å². The minimum atomic E-state index is 0.0453. The van der Waals surface area contributed by atoms with E-state index in [1.54, 1.807) is 18.4 Å². The summed E-state index contributed by atoms with van der Waals surface area (Å²) in [5.74, 6) is 1.75. The topological polar surface area (TPSA) is 54.9 Å². The van der Waals surface area contributed by atoms with E-state index in [1.165, 1.54) is 10.4 Å². The van der Waals surface area contributed by atoms with Gasteiger partial charge in [-0.15, -0.1) is 11.3 Å². The van der Waals surface area contributed by atoms with Crippen LogP contribution in [0.3, 0.4) is 0 Å². The van der Waals surface area contributed by atoms with E-state index in [4.69, 9.17) is 14.5 Å². The molecule has 2 aromatic rings. The molecule has 0 bridgehead atoms. The molecule has 0 radical (unpaired) electrons. The first kappa shape index (κ1) is 19.7. The van der Waals surface area contributed by atoms with Crippen LogP contribution in [-0.2, 0) is 16.7 Å². The largest absolute Gasteiger partial charge is 0.497 e. The van der Waals surface area contributed by atoms with Gasteiger partial charge in [-0.25, -0.2) is 4.99 Å². The molecule has 1 aromatic heterocycles. The maximum atomic E-state index is 5.64. The van der Waals surface area contributed by atoms with Crippen molar-refractivity contribution in [2.24, 2.45) is 4.99 Å². The number of rotatable bonds is 7. The van der Waals surface area contributed by atoms with Gasteiger partial charge in [0.25, 0.3) is 0 Å². The fraction of sp³-hybridized carbons (Fsp3) is 0.476. The standard InChI is InChI=1S/C21H29N3O2S/c1-3-22-20(23-15-19-5-4-14-27-19)24-16-21(10-12-26-13-11-21)17-6-8-18(25-2)9-7-17/h4-9,14H,3,10-13,15-16H2,1-2H3,(H2,22,23,24). The average molecular weight is 388 g/mol. The summed E-state index contributed by atoms with van der Waals surface area (Å²) in [4.78, 5) is 6.01. The second-order valence-electron chi connectivity index (χ2n) is 6.75. The molecule has 2 N–H and O–H groups in total. The van der Waals surface area contributed by atoms with Gasteiger partial charge < -0.3 is 20.1 Å². The molecule has 0 saturated carbocycles. The van der Waals surface area contributed by atoms with E-state index < -0.39 is 0 Å². The molecule has 0 aliphatic carbocycles. The Kier molecular flexibility index (Phi) is 7.12. The van der Waals surface area contributed by atoms with E-state index in [0.717, 1.165) is 50.9 Å². The molecule has 1 fully saturated rings. The normalized spacial score (nSPS) is 16.7. The van der Waals surface area contributed by atoms with Crippen molar-refractivity contribution in [3.05, 3.63) is 52.2 Å². The zero-order valence-corrected chi connectivity index (χ0v) is 17.0. The second-order valence-corrected chi connectivity index (χ2v) is 7.78. The van der Waals surface area contributed by atoms with Gasteiger partial charge in [-0.2, -0.15) is 0 Å². The van der Waals surface area contributed by atoms with Crippen molar-refractivity contribution in [2.75, 3.05) is 33.4 Å². The van der Waals surface area contributed by atoms with Gasteiger partial charge in [0.1, 0.15) is 5.75 Å². The van der Waals surface area contributed by atoms with Crippen LogP contribution >= 0.6 is 11.3 Å². The van der Waals surface area contributed by atoms with Gasteiger partial charge in [-0.3, -0.25) is 0 Å². The zero-order valence-electron chi connectivity index (χ0n) is 16.2. The van der Waals surface area contributed by atoms with Crippen LogP contribution in [0.15, 0.2) is 46.8 Å². The predicted molar refractivity (Wildman–Crippen MR) is 112 cm³/mol. The first-order valence-corrected chi connectivity index (χ1v) is 10.4. The molecule has 0 spiro atoms. The second kappa shape index (κ2) is 9.76.